The number of para-hydroxylation sites is 1. The molecule has 2 heterocycles. The minimum atomic E-state index is -0.165. The van der Waals surface area contributed by atoms with Gasteiger partial charge in [-0.3, -0.25) is 9.48 Å². The zero-order valence-electron chi connectivity index (χ0n) is 13.7. The van der Waals surface area contributed by atoms with Crippen LogP contribution in [0.1, 0.15) is 5.69 Å². The lowest BCUT2D eigenvalue weighted by atomic mass is 10.3. The average molecular weight is 346 g/mol. The van der Waals surface area contributed by atoms with Gasteiger partial charge in [0.1, 0.15) is 0 Å². The third-order valence-electron chi connectivity index (χ3n) is 3.70. The van der Waals surface area contributed by atoms with Crippen LogP contribution in [-0.2, 0) is 11.8 Å². The van der Waals surface area contributed by atoms with E-state index in [-0.39, 0.29) is 5.56 Å². The van der Waals surface area contributed by atoms with Crippen molar-refractivity contribution >= 4 is 11.8 Å². The van der Waals surface area contributed by atoms with E-state index in [2.05, 4.69) is 15.5 Å². The zero-order chi connectivity index (χ0) is 17.1. The van der Waals surface area contributed by atoms with Crippen LogP contribution in [0.2, 0.25) is 0 Å². The molecular weight excluding hydrogens is 328 g/mol. The number of tetrazole rings is 1. The Balaban J connectivity index is 2.08. The smallest absolute Gasteiger partial charge is 0.297 e. The van der Waals surface area contributed by atoms with Crippen LogP contribution < -0.4 is 5.56 Å². The Labute approximate surface area is 143 Å². The molecule has 0 N–H and O–H groups in total. The molecule has 0 atom stereocenters. The lowest BCUT2D eigenvalue weighted by Gasteiger charge is -2.07. The maximum atomic E-state index is 13.0. The Hall–Kier alpha value is -2.39. The molecule has 9 heteroatoms. The van der Waals surface area contributed by atoms with Crippen molar-refractivity contribution in [2.45, 2.75) is 12.1 Å². The average Bonchev–Trinajstić information content (AvgIpc) is 3.12. The van der Waals surface area contributed by atoms with E-state index < -0.39 is 0 Å². The fourth-order valence-corrected chi connectivity index (χ4v) is 3.20. The van der Waals surface area contributed by atoms with Crippen LogP contribution in [0.3, 0.4) is 0 Å². The predicted octanol–water partition coefficient (Wildman–Crippen LogP) is 1.20. The molecular formula is C15H18N6O2S. The Kier molecular flexibility index (Phi) is 4.81. The van der Waals surface area contributed by atoms with Crippen molar-refractivity contribution in [1.29, 1.82) is 0 Å². The summed E-state index contributed by atoms with van der Waals surface area (Å²) in [6, 6.07) is 9.48. The summed E-state index contributed by atoms with van der Waals surface area (Å²) in [4.78, 5) is 13.0. The molecule has 0 radical (unpaired) electrons. The van der Waals surface area contributed by atoms with E-state index in [4.69, 9.17) is 4.74 Å². The standard InChI is InChI=1S/C15H18N6O2S/c1-11-13(20-15(16-17-18-20)24-10-9-23-3)14(22)21(19(11)2)12-7-5-4-6-8-12/h4-8H,9-10H2,1-3H3. The van der Waals surface area contributed by atoms with Gasteiger partial charge in [0.25, 0.3) is 5.56 Å². The number of methoxy groups -OCH3 is 1. The van der Waals surface area contributed by atoms with Crippen molar-refractivity contribution in [2.75, 3.05) is 19.5 Å². The normalized spacial score (nSPS) is 11.1. The van der Waals surface area contributed by atoms with Crippen LogP contribution >= 0.6 is 11.8 Å². The second-order valence-electron chi connectivity index (χ2n) is 5.12. The molecule has 3 aromatic rings. The Bertz CT molecular complexity index is 883. The highest BCUT2D eigenvalue weighted by atomic mass is 32.2. The second-order valence-corrected chi connectivity index (χ2v) is 6.19. The molecule has 0 aliphatic rings. The maximum absolute atomic E-state index is 13.0. The van der Waals surface area contributed by atoms with Crippen LogP contribution in [0, 0.1) is 6.92 Å². The first-order valence-electron chi connectivity index (χ1n) is 7.39. The lowest BCUT2D eigenvalue weighted by Crippen LogP contribution is -2.22. The molecule has 0 unspecified atom stereocenters. The van der Waals surface area contributed by atoms with Gasteiger partial charge in [-0.15, -0.1) is 5.10 Å². The molecule has 0 spiro atoms. The SMILES string of the molecule is COCCSc1nnnn1-c1c(C)n(C)n(-c2ccccc2)c1=O. The molecule has 8 nitrogen and oxygen atoms in total. The van der Waals surface area contributed by atoms with E-state index >= 15 is 0 Å². The zero-order valence-corrected chi connectivity index (χ0v) is 14.5. The second kappa shape index (κ2) is 7.02. The van der Waals surface area contributed by atoms with Gasteiger partial charge in [0.2, 0.25) is 5.16 Å². The van der Waals surface area contributed by atoms with E-state index in [1.54, 1.807) is 16.5 Å². The highest BCUT2D eigenvalue weighted by Gasteiger charge is 2.21. The number of nitrogens with zero attached hydrogens (tertiary/aromatic N) is 6. The van der Waals surface area contributed by atoms with Gasteiger partial charge < -0.3 is 4.74 Å². The van der Waals surface area contributed by atoms with Crippen LogP contribution in [0.25, 0.3) is 11.4 Å². The fourth-order valence-electron chi connectivity index (χ4n) is 2.42. The van der Waals surface area contributed by atoms with Gasteiger partial charge in [0.05, 0.1) is 18.0 Å². The van der Waals surface area contributed by atoms with Crippen LogP contribution in [0.5, 0.6) is 0 Å². The fraction of sp³-hybridized carbons (Fsp3) is 0.333. The third-order valence-corrected chi connectivity index (χ3v) is 4.58. The lowest BCUT2D eigenvalue weighted by molar-refractivity contribution is 0.218. The third kappa shape index (κ3) is 2.87. The summed E-state index contributed by atoms with van der Waals surface area (Å²) in [5.41, 5.74) is 1.86. The maximum Gasteiger partial charge on any atom is 0.297 e. The predicted molar refractivity (Wildman–Crippen MR) is 91.1 cm³/mol. The molecule has 0 amide bonds. The molecule has 0 saturated carbocycles. The van der Waals surface area contributed by atoms with Crippen molar-refractivity contribution in [3.05, 3.63) is 46.4 Å². The number of hydrogen-bond donors (Lipinski definition) is 0. The molecule has 0 aliphatic heterocycles. The minimum Gasteiger partial charge on any atom is -0.384 e. The summed E-state index contributed by atoms with van der Waals surface area (Å²) >= 11 is 1.45. The number of benzene rings is 1. The molecule has 3 rings (SSSR count). The van der Waals surface area contributed by atoms with E-state index in [0.717, 1.165) is 11.4 Å². The largest absolute Gasteiger partial charge is 0.384 e. The molecule has 1 aromatic carbocycles. The Morgan fingerprint density at radius 1 is 1.25 bits per heavy atom. The summed E-state index contributed by atoms with van der Waals surface area (Å²) < 4.78 is 9.95. The summed E-state index contributed by atoms with van der Waals surface area (Å²) in [5, 5.41) is 12.3. The number of aromatic nitrogens is 6. The summed E-state index contributed by atoms with van der Waals surface area (Å²) in [6.07, 6.45) is 0. The first-order chi connectivity index (χ1) is 11.6. The van der Waals surface area contributed by atoms with Crippen molar-refractivity contribution in [1.82, 2.24) is 29.6 Å². The van der Waals surface area contributed by atoms with Crippen molar-refractivity contribution < 1.29 is 4.74 Å². The van der Waals surface area contributed by atoms with E-state index in [1.807, 2.05) is 44.3 Å². The van der Waals surface area contributed by atoms with Gasteiger partial charge in [0.15, 0.2) is 5.69 Å². The van der Waals surface area contributed by atoms with Crippen molar-refractivity contribution in [3.8, 4) is 11.4 Å². The van der Waals surface area contributed by atoms with Crippen molar-refractivity contribution in [3.63, 3.8) is 0 Å². The first kappa shape index (κ1) is 16.5. The van der Waals surface area contributed by atoms with Gasteiger partial charge in [0, 0.05) is 19.9 Å². The van der Waals surface area contributed by atoms with E-state index in [1.165, 1.54) is 16.4 Å². The topological polar surface area (TPSA) is 79.8 Å². The van der Waals surface area contributed by atoms with E-state index in [9.17, 15) is 4.79 Å². The molecule has 0 fully saturated rings. The summed E-state index contributed by atoms with van der Waals surface area (Å²) in [5.74, 6) is 0.704. The van der Waals surface area contributed by atoms with Crippen molar-refractivity contribution in [2.24, 2.45) is 7.05 Å². The number of hydrogen-bond acceptors (Lipinski definition) is 6. The monoisotopic (exact) mass is 346 g/mol. The molecule has 0 aliphatic carbocycles. The number of thioether (sulfide) groups is 1. The Morgan fingerprint density at radius 3 is 2.71 bits per heavy atom. The van der Waals surface area contributed by atoms with Gasteiger partial charge in [-0.05, 0) is 29.5 Å². The number of rotatable bonds is 6. The highest BCUT2D eigenvalue weighted by Crippen LogP contribution is 2.19. The molecule has 126 valence electrons. The molecule has 0 saturated heterocycles. The Morgan fingerprint density at radius 2 is 2.00 bits per heavy atom. The molecule has 2 aromatic heterocycles. The molecule has 24 heavy (non-hydrogen) atoms. The quantitative estimate of drug-likeness (QED) is 0.493. The van der Waals surface area contributed by atoms with Crippen LogP contribution in [-0.4, -0.2) is 49.0 Å². The van der Waals surface area contributed by atoms with Gasteiger partial charge in [-0.25, -0.2) is 4.68 Å². The van der Waals surface area contributed by atoms with Gasteiger partial charge >= 0.3 is 0 Å². The van der Waals surface area contributed by atoms with Gasteiger partial charge in [-0.1, -0.05) is 30.0 Å². The van der Waals surface area contributed by atoms with Crippen LogP contribution in [0.4, 0.5) is 0 Å². The summed E-state index contributed by atoms with van der Waals surface area (Å²) in [6.45, 7) is 2.46. The first-order valence-corrected chi connectivity index (χ1v) is 8.38. The minimum absolute atomic E-state index is 0.165. The number of ether oxygens (including phenoxy) is 1. The molecule has 0 bridgehead atoms. The highest BCUT2D eigenvalue weighted by molar-refractivity contribution is 7.99. The van der Waals surface area contributed by atoms with Crippen LogP contribution in [0.15, 0.2) is 40.3 Å². The van der Waals surface area contributed by atoms with Gasteiger partial charge in [-0.2, -0.15) is 4.68 Å². The summed E-state index contributed by atoms with van der Waals surface area (Å²) in [7, 11) is 3.48. The van der Waals surface area contributed by atoms with E-state index in [0.29, 0.717) is 23.2 Å².